The SMILES string of the molecule is CC(=CC#N)CN1C(=O)c2ccccc2S1(O)O. The van der Waals surface area contributed by atoms with Crippen LogP contribution < -0.4 is 0 Å². The highest BCUT2D eigenvalue weighted by molar-refractivity contribution is 8.23. The van der Waals surface area contributed by atoms with Gasteiger partial charge in [-0.2, -0.15) is 5.26 Å². The number of amides is 1. The van der Waals surface area contributed by atoms with Crippen molar-refractivity contribution in [2.45, 2.75) is 11.8 Å². The normalized spacial score (nSPS) is 19.3. The highest BCUT2D eigenvalue weighted by Crippen LogP contribution is 2.58. The van der Waals surface area contributed by atoms with E-state index in [0.29, 0.717) is 11.1 Å². The monoisotopic (exact) mass is 264 g/mol. The number of benzene rings is 1. The van der Waals surface area contributed by atoms with Gasteiger partial charge in [-0.25, -0.2) is 4.31 Å². The summed E-state index contributed by atoms with van der Waals surface area (Å²) >= 11 is 0. The molecule has 0 aromatic heterocycles. The van der Waals surface area contributed by atoms with E-state index < -0.39 is 16.7 Å². The molecule has 18 heavy (non-hydrogen) atoms. The van der Waals surface area contributed by atoms with Crippen LogP contribution in [-0.4, -0.2) is 25.9 Å². The van der Waals surface area contributed by atoms with Gasteiger partial charge in [0.15, 0.2) is 0 Å². The molecule has 1 heterocycles. The van der Waals surface area contributed by atoms with Crippen molar-refractivity contribution in [1.29, 1.82) is 5.26 Å². The van der Waals surface area contributed by atoms with Crippen LogP contribution >= 0.6 is 10.8 Å². The summed E-state index contributed by atoms with van der Waals surface area (Å²) in [7, 11) is -3.28. The van der Waals surface area contributed by atoms with Crippen LogP contribution in [0.4, 0.5) is 0 Å². The van der Waals surface area contributed by atoms with Gasteiger partial charge in [-0.05, 0) is 24.6 Å². The topological polar surface area (TPSA) is 84.6 Å². The van der Waals surface area contributed by atoms with Crippen LogP contribution in [0.5, 0.6) is 0 Å². The molecule has 0 unspecified atom stereocenters. The van der Waals surface area contributed by atoms with Crippen LogP contribution in [0, 0.1) is 11.3 Å². The molecule has 94 valence electrons. The number of hydrogen-bond acceptors (Lipinski definition) is 4. The standard InChI is InChI=1S/C12H12N2O3S/c1-9(6-7-13)8-14-12(15)10-4-2-3-5-11(10)18(14,16)17/h2-6,16-17H,8H2,1H3. The summed E-state index contributed by atoms with van der Waals surface area (Å²) in [6.45, 7) is 1.69. The number of nitriles is 1. The van der Waals surface area contributed by atoms with Gasteiger partial charge in [-0.1, -0.05) is 22.9 Å². The van der Waals surface area contributed by atoms with Crippen molar-refractivity contribution < 1.29 is 13.9 Å². The third-order valence-corrected chi connectivity index (χ3v) is 4.51. The average Bonchev–Trinajstić information content (AvgIpc) is 2.52. The lowest BCUT2D eigenvalue weighted by Gasteiger charge is -2.36. The molecule has 0 aliphatic carbocycles. The predicted octanol–water partition coefficient (Wildman–Crippen LogP) is 2.64. The average molecular weight is 264 g/mol. The minimum absolute atomic E-state index is 0.0312. The molecule has 0 fully saturated rings. The van der Waals surface area contributed by atoms with Gasteiger partial charge >= 0.3 is 0 Å². The zero-order valence-corrected chi connectivity index (χ0v) is 10.5. The molecule has 2 N–H and O–H groups in total. The Morgan fingerprint density at radius 2 is 2.17 bits per heavy atom. The lowest BCUT2D eigenvalue weighted by molar-refractivity contribution is 0.0870. The number of rotatable bonds is 2. The zero-order chi connectivity index (χ0) is 13.3. The number of carbonyl (C=O) groups is 1. The van der Waals surface area contributed by atoms with Crippen LogP contribution in [0.3, 0.4) is 0 Å². The smallest absolute Gasteiger partial charge is 0.274 e. The first-order valence-electron chi connectivity index (χ1n) is 5.23. The van der Waals surface area contributed by atoms with Crippen molar-refractivity contribution >= 4 is 16.7 Å². The zero-order valence-electron chi connectivity index (χ0n) is 9.70. The molecule has 2 rings (SSSR count). The van der Waals surface area contributed by atoms with E-state index in [1.54, 1.807) is 25.1 Å². The van der Waals surface area contributed by atoms with Crippen LogP contribution in [-0.2, 0) is 0 Å². The summed E-state index contributed by atoms with van der Waals surface area (Å²) in [5.74, 6) is -0.420. The lowest BCUT2D eigenvalue weighted by Crippen LogP contribution is -2.29. The molecule has 6 heteroatoms. The molecule has 1 amide bonds. The molecule has 0 atom stereocenters. The third kappa shape index (κ3) is 1.88. The fourth-order valence-electron chi connectivity index (χ4n) is 1.79. The maximum atomic E-state index is 12.1. The molecule has 1 aliphatic rings. The maximum Gasteiger partial charge on any atom is 0.274 e. The molecular weight excluding hydrogens is 252 g/mol. The second-order valence-corrected chi connectivity index (χ2v) is 5.89. The summed E-state index contributed by atoms with van der Waals surface area (Å²) in [6, 6.07) is 8.28. The van der Waals surface area contributed by atoms with Gasteiger partial charge < -0.3 is 0 Å². The van der Waals surface area contributed by atoms with Crippen LogP contribution in [0.1, 0.15) is 17.3 Å². The Morgan fingerprint density at radius 1 is 1.50 bits per heavy atom. The quantitative estimate of drug-likeness (QED) is 0.804. The number of carbonyl (C=O) groups excluding carboxylic acids is 1. The Hall–Kier alpha value is -1.81. The molecule has 0 saturated carbocycles. The Bertz CT molecular complexity index is 575. The third-order valence-electron chi connectivity index (χ3n) is 2.65. The Balaban J connectivity index is 2.40. The minimum Gasteiger partial charge on any atom is -0.277 e. The van der Waals surface area contributed by atoms with Gasteiger partial charge in [0.1, 0.15) is 0 Å². The Kier molecular flexibility index (Phi) is 3.13. The molecule has 0 saturated heterocycles. The van der Waals surface area contributed by atoms with Crippen molar-refractivity contribution in [2.75, 3.05) is 6.54 Å². The Morgan fingerprint density at radius 3 is 2.78 bits per heavy atom. The number of nitrogens with zero attached hydrogens (tertiary/aromatic N) is 2. The van der Waals surface area contributed by atoms with Gasteiger partial charge in [0.2, 0.25) is 0 Å². The highest BCUT2D eigenvalue weighted by Gasteiger charge is 2.40. The molecule has 0 bridgehead atoms. The van der Waals surface area contributed by atoms with Gasteiger partial charge in [0, 0.05) is 6.08 Å². The van der Waals surface area contributed by atoms with E-state index in [1.165, 1.54) is 12.1 Å². The van der Waals surface area contributed by atoms with Gasteiger partial charge in [-0.3, -0.25) is 13.9 Å². The van der Waals surface area contributed by atoms with Crippen molar-refractivity contribution in [3.63, 3.8) is 0 Å². The largest absolute Gasteiger partial charge is 0.277 e. The molecule has 1 aliphatic heterocycles. The van der Waals surface area contributed by atoms with E-state index in [-0.39, 0.29) is 11.4 Å². The van der Waals surface area contributed by atoms with Gasteiger partial charge in [0.25, 0.3) is 5.91 Å². The number of hydrogen-bond donors (Lipinski definition) is 2. The van der Waals surface area contributed by atoms with Crippen LogP contribution in [0.15, 0.2) is 40.8 Å². The number of fused-ring (bicyclic) bond motifs is 1. The fourth-order valence-corrected chi connectivity index (χ4v) is 3.46. The second kappa shape index (κ2) is 4.46. The predicted molar refractivity (Wildman–Crippen MR) is 68.0 cm³/mol. The number of allylic oxidation sites excluding steroid dienone is 1. The van der Waals surface area contributed by atoms with Crippen molar-refractivity contribution in [2.24, 2.45) is 0 Å². The highest BCUT2D eigenvalue weighted by atomic mass is 32.3. The van der Waals surface area contributed by atoms with E-state index in [4.69, 9.17) is 5.26 Å². The fraction of sp³-hybridized carbons (Fsp3) is 0.167. The minimum atomic E-state index is -3.28. The summed E-state index contributed by atoms with van der Waals surface area (Å²) < 4.78 is 21.3. The molecule has 0 spiro atoms. The van der Waals surface area contributed by atoms with E-state index in [2.05, 4.69) is 0 Å². The van der Waals surface area contributed by atoms with Gasteiger partial charge in [-0.15, -0.1) is 0 Å². The lowest BCUT2D eigenvalue weighted by atomic mass is 10.2. The summed E-state index contributed by atoms with van der Waals surface area (Å²) in [4.78, 5) is 12.3. The first-order chi connectivity index (χ1) is 8.48. The van der Waals surface area contributed by atoms with Crippen molar-refractivity contribution in [3.05, 3.63) is 41.5 Å². The van der Waals surface area contributed by atoms with Crippen LogP contribution in [0.2, 0.25) is 0 Å². The maximum absolute atomic E-state index is 12.1. The molecule has 1 aromatic rings. The first kappa shape index (κ1) is 12.6. The van der Waals surface area contributed by atoms with E-state index in [0.717, 1.165) is 4.31 Å². The summed E-state index contributed by atoms with van der Waals surface area (Å²) in [5, 5.41) is 8.53. The van der Waals surface area contributed by atoms with Crippen molar-refractivity contribution in [1.82, 2.24) is 4.31 Å². The van der Waals surface area contributed by atoms with E-state index in [9.17, 15) is 13.9 Å². The first-order valence-corrected chi connectivity index (χ1v) is 6.73. The van der Waals surface area contributed by atoms with E-state index >= 15 is 0 Å². The molecule has 1 aromatic carbocycles. The molecular formula is C12H12N2O3S. The second-order valence-electron chi connectivity index (χ2n) is 3.98. The molecule has 0 radical (unpaired) electrons. The van der Waals surface area contributed by atoms with Gasteiger partial charge in [0.05, 0.1) is 23.1 Å². The van der Waals surface area contributed by atoms with Crippen molar-refractivity contribution in [3.8, 4) is 6.07 Å². The summed E-state index contributed by atoms with van der Waals surface area (Å²) in [5.41, 5.74) is 0.904. The summed E-state index contributed by atoms with van der Waals surface area (Å²) in [6.07, 6.45) is 1.28. The van der Waals surface area contributed by atoms with Crippen LogP contribution in [0.25, 0.3) is 0 Å². The Labute approximate surface area is 106 Å². The van der Waals surface area contributed by atoms with E-state index in [1.807, 2.05) is 6.07 Å². The molecule has 5 nitrogen and oxygen atoms in total.